The first-order valence-corrected chi connectivity index (χ1v) is 9.07. The quantitative estimate of drug-likeness (QED) is 0.808. The van der Waals surface area contributed by atoms with E-state index in [1.165, 1.54) is 17.9 Å². The van der Waals surface area contributed by atoms with Crippen LogP contribution >= 0.6 is 0 Å². The first-order chi connectivity index (χ1) is 13.1. The normalized spacial score (nSPS) is 17.1. The Kier molecular flexibility index (Phi) is 5.18. The maximum Gasteiger partial charge on any atom is 0.407 e. The lowest BCUT2D eigenvalue weighted by Crippen LogP contribution is -2.40. The van der Waals surface area contributed by atoms with Crippen LogP contribution in [0.15, 0.2) is 12.3 Å². The molecule has 2 heterocycles. The summed E-state index contributed by atoms with van der Waals surface area (Å²) in [5.41, 5.74) is 0.135. The highest BCUT2D eigenvalue weighted by atomic mass is 19.1. The monoisotopic (exact) mass is 392 g/mol. The number of alkyl carbamates (subject to hydrolysis) is 1. The van der Waals surface area contributed by atoms with E-state index in [4.69, 9.17) is 9.47 Å². The highest BCUT2D eigenvalue weighted by Gasteiger charge is 2.30. The number of esters is 1. The van der Waals surface area contributed by atoms with Gasteiger partial charge in [-0.15, -0.1) is 0 Å². The van der Waals surface area contributed by atoms with E-state index in [1.54, 1.807) is 34.0 Å². The molecule has 1 aromatic carbocycles. The summed E-state index contributed by atoms with van der Waals surface area (Å²) in [6, 6.07) is 1.21. The molecule has 3 rings (SSSR count). The smallest absolute Gasteiger partial charge is 0.407 e. The van der Waals surface area contributed by atoms with E-state index in [9.17, 15) is 14.0 Å². The molecule has 2 aromatic rings. The van der Waals surface area contributed by atoms with Crippen LogP contribution in [0.5, 0.6) is 0 Å². The second-order valence-corrected chi connectivity index (χ2v) is 7.89. The lowest BCUT2D eigenvalue weighted by atomic mass is 10.1. The molecule has 1 saturated heterocycles. The van der Waals surface area contributed by atoms with Gasteiger partial charge in [-0.25, -0.2) is 14.0 Å². The van der Waals surface area contributed by atoms with Crippen molar-refractivity contribution in [3.8, 4) is 0 Å². The van der Waals surface area contributed by atoms with Gasteiger partial charge in [-0.1, -0.05) is 0 Å². The number of amides is 1. The Morgan fingerprint density at radius 3 is 2.71 bits per heavy atom. The van der Waals surface area contributed by atoms with Crippen molar-refractivity contribution in [3.63, 3.8) is 0 Å². The van der Waals surface area contributed by atoms with Crippen LogP contribution in [0.4, 0.5) is 14.9 Å². The molecular formula is C19H25FN4O4. The number of halogens is 1. The van der Waals surface area contributed by atoms with Gasteiger partial charge in [0, 0.05) is 31.7 Å². The molecule has 0 saturated carbocycles. The zero-order chi connectivity index (χ0) is 20.6. The lowest BCUT2D eigenvalue weighted by Gasteiger charge is -2.23. The van der Waals surface area contributed by atoms with E-state index in [0.29, 0.717) is 30.6 Å². The van der Waals surface area contributed by atoms with E-state index < -0.39 is 23.5 Å². The molecule has 0 bridgehead atoms. The number of aromatic nitrogens is 2. The van der Waals surface area contributed by atoms with Crippen molar-refractivity contribution in [2.75, 3.05) is 25.1 Å². The fourth-order valence-electron chi connectivity index (χ4n) is 3.37. The molecule has 1 aromatic heterocycles. The van der Waals surface area contributed by atoms with Gasteiger partial charge in [0.1, 0.15) is 22.5 Å². The minimum Gasteiger partial charge on any atom is -0.465 e. The molecule has 1 fully saturated rings. The van der Waals surface area contributed by atoms with Crippen LogP contribution in [0.1, 0.15) is 37.6 Å². The molecule has 0 aliphatic carbocycles. The fraction of sp³-hybridized carbons (Fsp3) is 0.526. The number of anilines is 1. The number of aryl methyl sites for hydroxylation is 1. The number of carbonyl (C=O) groups is 2. The number of carbonyl (C=O) groups excluding carboxylic acids is 2. The summed E-state index contributed by atoms with van der Waals surface area (Å²) in [5, 5.41) is 7.75. The largest absolute Gasteiger partial charge is 0.465 e. The topological polar surface area (TPSA) is 85.7 Å². The van der Waals surface area contributed by atoms with Gasteiger partial charge < -0.3 is 19.7 Å². The summed E-state index contributed by atoms with van der Waals surface area (Å²) in [5.74, 6) is -1.45. The average molecular weight is 392 g/mol. The minimum atomic E-state index is -0.765. The standard InChI is InChI=1S/C19H25FN4O4/c1-19(2,3)28-18(26)21-11-6-7-24(9-11)14-8-13(20)15(17(25)27-5)16-12(14)10-23(4)22-16/h8,10-11H,6-7,9H2,1-5H3,(H,21,26)/t11-/m0/s1. The van der Waals surface area contributed by atoms with E-state index in [2.05, 4.69) is 10.4 Å². The van der Waals surface area contributed by atoms with Gasteiger partial charge in [-0.3, -0.25) is 4.68 Å². The van der Waals surface area contributed by atoms with Crippen molar-refractivity contribution in [2.45, 2.75) is 38.8 Å². The molecule has 8 nitrogen and oxygen atoms in total. The van der Waals surface area contributed by atoms with Crippen molar-refractivity contribution >= 4 is 28.7 Å². The SMILES string of the molecule is COC(=O)c1c(F)cc(N2CC[C@H](NC(=O)OC(C)(C)C)C2)c2cn(C)nc12. The molecule has 1 N–H and O–H groups in total. The molecule has 0 unspecified atom stereocenters. The van der Waals surface area contributed by atoms with Gasteiger partial charge in [0.2, 0.25) is 0 Å². The molecule has 1 aliphatic heterocycles. The maximum absolute atomic E-state index is 14.7. The summed E-state index contributed by atoms with van der Waals surface area (Å²) < 4.78 is 26.2. The second-order valence-electron chi connectivity index (χ2n) is 7.89. The highest BCUT2D eigenvalue weighted by Crippen LogP contribution is 2.33. The molecule has 1 aliphatic rings. The summed E-state index contributed by atoms with van der Waals surface area (Å²) in [6.45, 7) is 6.54. The predicted molar refractivity (Wildman–Crippen MR) is 102 cm³/mol. The summed E-state index contributed by atoms with van der Waals surface area (Å²) in [6.07, 6.45) is 1.96. The number of benzene rings is 1. The number of methoxy groups -OCH3 is 1. The van der Waals surface area contributed by atoms with E-state index >= 15 is 0 Å². The zero-order valence-corrected chi connectivity index (χ0v) is 16.7. The Balaban J connectivity index is 1.85. The molecule has 28 heavy (non-hydrogen) atoms. The molecule has 152 valence electrons. The molecular weight excluding hydrogens is 367 g/mol. The molecule has 1 atom stereocenters. The first kappa shape index (κ1) is 19.9. The van der Waals surface area contributed by atoms with Crippen LogP contribution < -0.4 is 10.2 Å². The lowest BCUT2D eigenvalue weighted by molar-refractivity contribution is 0.0507. The number of nitrogens with one attached hydrogen (secondary N) is 1. The Labute approximate surface area is 162 Å². The Morgan fingerprint density at radius 2 is 2.07 bits per heavy atom. The van der Waals surface area contributed by atoms with Crippen LogP contribution in [0.25, 0.3) is 10.9 Å². The Hall–Kier alpha value is -2.84. The molecule has 1 amide bonds. The van der Waals surface area contributed by atoms with Gasteiger partial charge in [0.25, 0.3) is 0 Å². The van der Waals surface area contributed by atoms with Gasteiger partial charge in [0.05, 0.1) is 18.8 Å². The fourth-order valence-corrected chi connectivity index (χ4v) is 3.37. The predicted octanol–water partition coefficient (Wildman–Crippen LogP) is 2.60. The third-order valence-electron chi connectivity index (χ3n) is 4.48. The van der Waals surface area contributed by atoms with Crippen molar-refractivity contribution < 1.29 is 23.5 Å². The summed E-state index contributed by atoms with van der Waals surface area (Å²) in [4.78, 5) is 26.0. The number of hydrogen-bond donors (Lipinski definition) is 1. The molecule has 0 spiro atoms. The maximum atomic E-state index is 14.7. The highest BCUT2D eigenvalue weighted by molar-refractivity contribution is 6.07. The Morgan fingerprint density at radius 1 is 1.36 bits per heavy atom. The minimum absolute atomic E-state index is 0.120. The van der Waals surface area contributed by atoms with Crippen molar-refractivity contribution in [3.05, 3.63) is 23.6 Å². The van der Waals surface area contributed by atoms with Gasteiger partial charge in [-0.05, 0) is 33.3 Å². The van der Waals surface area contributed by atoms with Gasteiger partial charge >= 0.3 is 12.1 Å². The third kappa shape index (κ3) is 4.02. The van der Waals surface area contributed by atoms with Crippen molar-refractivity contribution in [1.29, 1.82) is 0 Å². The van der Waals surface area contributed by atoms with Crippen molar-refractivity contribution in [2.24, 2.45) is 7.05 Å². The van der Waals surface area contributed by atoms with Crippen LogP contribution in [0.2, 0.25) is 0 Å². The van der Waals surface area contributed by atoms with Crippen LogP contribution in [0.3, 0.4) is 0 Å². The number of hydrogen-bond acceptors (Lipinski definition) is 6. The van der Waals surface area contributed by atoms with E-state index in [0.717, 1.165) is 0 Å². The number of rotatable bonds is 3. The summed E-state index contributed by atoms with van der Waals surface area (Å²) >= 11 is 0. The number of fused-ring (bicyclic) bond motifs is 1. The number of nitrogens with zero attached hydrogens (tertiary/aromatic N) is 3. The van der Waals surface area contributed by atoms with Crippen molar-refractivity contribution in [1.82, 2.24) is 15.1 Å². The summed E-state index contributed by atoms with van der Waals surface area (Å²) in [7, 11) is 2.91. The van der Waals surface area contributed by atoms with Gasteiger partial charge in [0.15, 0.2) is 0 Å². The number of ether oxygens (including phenoxy) is 2. The first-order valence-electron chi connectivity index (χ1n) is 9.07. The third-order valence-corrected chi connectivity index (χ3v) is 4.48. The van der Waals surface area contributed by atoms with Crippen LogP contribution in [-0.4, -0.2) is 53.7 Å². The van der Waals surface area contributed by atoms with E-state index in [-0.39, 0.29) is 17.1 Å². The molecule has 9 heteroatoms. The van der Waals surface area contributed by atoms with Crippen LogP contribution in [-0.2, 0) is 16.5 Å². The second kappa shape index (κ2) is 7.29. The Bertz CT molecular complexity index is 919. The van der Waals surface area contributed by atoms with Crippen LogP contribution in [0, 0.1) is 5.82 Å². The van der Waals surface area contributed by atoms with E-state index in [1.807, 2.05) is 4.90 Å². The van der Waals surface area contributed by atoms with Gasteiger partial charge in [-0.2, -0.15) is 5.10 Å². The average Bonchev–Trinajstić information content (AvgIpc) is 3.17. The zero-order valence-electron chi connectivity index (χ0n) is 16.7. The molecule has 0 radical (unpaired) electrons.